The number of para-hydroxylation sites is 1. The van der Waals surface area contributed by atoms with Crippen LogP contribution in [0.15, 0.2) is 60.9 Å². The summed E-state index contributed by atoms with van der Waals surface area (Å²) in [6.07, 6.45) is 3.31. The number of carbonyl (C=O) groups is 2. The summed E-state index contributed by atoms with van der Waals surface area (Å²) in [4.78, 5) is 29.0. The van der Waals surface area contributed by atoms with Crippen LogP contribution in [0.25, 0.3) is 0 Å². The minimum Gasteiger partial charge on any atom is -0.492 e. The Morgan fingerprint density at radius 2 is 1.92 bits per heavy atom. The van der Waals surface area contributed by atoms with Crippen LogP contribution in [0, 0.1) is 0 Å². The van der Waals surface area contributed by atoms with Gasteiger partial charge in [-0.15, -0.1) is 0 Å². The lowest BCUT2D eigenvalue weighted by Gasteiger charge is -2.10. The average molecular weight is 347 g/mol. The lowest BCUT2D eigenvalue weighted by molar-refractivity contribution is -0.117. The van der Waals surface area contributed by atoms with Gasteiger partial charge in [0, 0.05) is 36.3 Å². The molecule has 1 atom stereocenters. The van der Waals surface area contributed by atoms with Gasteiger partial charge in [-0.1, -0.05) is 18.2 Å². The summed E-state index contributed by atoms with van der Waals surface area (Å²) >= 11 is 0. The molecule has 1 unspecified atom stereocenters. The second kappa shape index (κ2) is 6.48. The SMILES string of the molecule is Cn1ccnc1C(=O)c1ccc(NC(=O)C2COc3ccccc32)cc1. The number of fused-ring (bicyclic) bond motifs is 1. The molecule has 0 bridgehead atoms. The highest BCUT2D eigenvalue weighted by atomic mass is 16.5. The van der Waals surface area contributed by atoms with Gasteiger partial charge in [0.2, 0.25) is 11.7 Å². The van der Waals surface area contributed by atoms with Crippen molar-refractivity contribution in [2.75, 3.05) is 11.9 Å². The molecule has 0 saturated heterocycles. The maximum absolute atomic E-state index is 12.6. The van der Waals surface area contributed by atoms with Gasteiger partial charge in [0.15, 0.2) is 5.82 Å². The van der Waals surface area contributed by atoms with Crippen molar-refractivity contribution in [3.8, 4) is 5.75 Å². The van der Waals surface area contributed by atoms with Crippen LogP contribution in [0.3, 0.4) is 0 Å². The van der Waals surface area contributed by atoms with Crippen molar-refractivity contribution >= 4 is 17.4 Å². The Hall–Kier alpha value is -3.41. The number of amides is 1. The van der Waals surface area contributed by atoms with E-state index in [0.717, 1.165) is 11.3 Å². The third-order valence-electron chi connectivity index (χ3n) is 4.46. The van der Waals surface area contributed by atoms with Gasteiger partial charge in [0.25, 0.3) is 0 Å². The number of benzene rings is 2. The van der Waals surface area contributed by atoms with E-state index in [1.807, 2.05) is 24.3 Å². The van der Waals surface area contributed by atoms with Gasteiger partial charge < -0.3 is 14.6 Å². The van der Waals surface area contributed by atoms with Crippen LogP contribution in [0.5, 0.6) is 5.75 Å². The van der Waals surface area contributed by atoms with Gasteiger partial charge in [-0.05, 0) is 30.3 Å². The second-order valence-electron chi connectivity index (χ2n) is 6.16. The molecule has 0 fully saturated rings. The van der Waals surface area contributed by atoms with E-state index < -0.39 is 0 Å². The summed E-state index contributed by atoms with van der Waals surface area (Å²) in [6.45, 7) is 0.334. The molecule has 3 aromatic rings. The zero-order valence-electron chi connectivity index (χ0n) is 14.2. The number of nitrogens with one attached hydrogen (secondary N) is 1. The maximum Gasteiger partial charge on any atom is 0.235 e. The minimum absolute atomic E-state index is 0.127. The van der Waals surface area contributed by atoms with Crippen LogP contribution in [-0.2, 0) is 11.8 Å². The molecular weight excluding hydrogens is 330 g/mol. The summed E-state index contributed by atoms with van der Waals surface area (Å²) in [5.41, 5.74) is 2.05. The van der Waals surface area contributed by atoms with Crippen LogP contribution in [0.2, 0.25) is 0 Å². The Labute approximate surface area is 150 Å². The molecule has 0 spiro atoms. The van der Waals surface area contributed by atoms with Crippen molar-refractivity contribution in [2.45, 2.75) is 5.92 Å². The molecule has 6 heteroatoms. The Morgan fingerprint density at radius 3 is 2.65 bits per heavy atom. The predicted molar refractivity (Wildman–Crippen MR) is 96.4 cm³/mol. The van der Waals surface area contributed by atoms with E-state index in [0.29, 0.717) is 23.7 Å². The van der Waals surface area contributed by atoms with Gasteiger partial charge in [-0.3, -0.25) is 9.59 Å². The smallest absolute Gasteiger partial charge is 0.235 e. The molecule has 0 aliphatic carbocycles. The molecule has 130 valence electrons. The Bertz CT molecular complexity index is 976. The molecule has 4 rings (SSSR count). The molecule has 2 heterocycles. The highest BCUT2D eigenvalue weighted by Gasteiger charge is 2.30. The standard InChI is InChI=1S/C20H17N3O3/c1-23-11-10-21-19(23)18(24)13-6-8-14(9-7-13)22-20(25)16-12-26-17-5-3-2-4-15(16)17/h2-11,16H,12H2,1H3,(H,22,25). The van der Waals surface area contributed by atoms with Crippen LogP contribution in [0.1, 0.15) is 27.7 Å². The minimum atomic E-state index is -0.333. The molecule has 1 N–H and O–H groups in total. The molecule has 1 aliphatic rings. The molecule has 26 heavy (non-hydrogen) atoms. The number of ketones is 1. The number of nitrogens with zero attached hydrogens (tertiary/aromatic N) is 2. The van der Waals surface area contributed by atoms with Gasteiger partial charge >= 0.3 is 0 Å². The zero-order valence-corrected chi connectivity index (χ0v) is 14.2. The summed E-state index contributed by atoms with van der Waals surface area (Å²) in [5.74, 6) is 0.511. The number of imidazole rings is 1. The number of rotatable bonds is 4. The van der Waals surface area contributed by atoms with E-state index in [1.54, 1.807) is 48.3 Å². The van der Waals surface area contributed by atoms with E-state index in [-0.39, 0.29) is 17.6 Å². The summed E-state index contributed by atoms with van der Waals surface area (Å²) in [6, 6.07) is 14.4. The number of carbonyl (C=O) groups excluding carboxylic acids is 2. The molecule has 6 nitrogen and oxygen atoms in total. The fourth-order valence-corrected chi connectivity index (χ4v) is 3.03. The first kappa shape index (κ1) is 16.1. The first-order valence-corrected chi connectivity index (χ1v) is 8.28. The summed E-state index contributed by atoms with van der Waals surface area (Å²) < 4.78 is 7.23. The lowest BCUT2D eigenvalue weighted by Crippen LogP contribution is -2.22. The molecule has 1 aromatic heterocycles. The highest BCUT2D eigenvalue weighted by Crippen LogP contribution is 2.34. The number of hydrogen-bond acceptors (Lipinski definition) is 4. The third kappa shape index (κ3) is 2.86. The fraction of sp³-hybridized carbons (Fsp3) is 0.150. The molecule has 1 aliphatic heterocycles. The first-order chi connectivity index (χ1) is 12.6. The molecule has 2 aromatic carbocycles. The van der Waals surface area contributed by atoms with Crippen LogP contribution in [-0.4, -0.2) is 27.8 Å². The molecule has 0 radical (unpaired) electrons. The number of aryl methyl sites for hydroxylation is 1. The maximum atomic E-state index is 12.6. The Balaban J connectivity index is 1.47. The number of anilines is 1. The zero-order chi connectivity index (χ0) is 18.1. The Kier molecular flexibility index (Phi) is 4.01. The van der Waals surface area contributed by atoms with Crippen molar-refractivity contribution < 1.29 is 14.3 Å². The van der Waals surface area contributed by atoms with Gasteiger partial charge in [0.05, 0.1) is 0 Å². The monoisotopic (exact) mass is 347 g/mol. The highest BCUT2D eigenvalue weighted by molar-refractivity contribution is 6.07. The lowest BCUT2D eigenvalue weighted by atomic mass is 10.0. The fourth-order valence-electron chi connectivity index (χ4n) is 3.03. The van der Waals surface area contributed by atoms with Crippen LogP contribution < -0.4 is 10.1 Å². The topological polar surface area (TPSA) is 73.2 Å². The normalized spacial score (nSPS) is 15.2. The van der Waals surface area contributed by atoms with Crippen molar-refractivity contribution in [1.82, 2.24) is 9.55 Å². The van der Waals surface area contributed by atoms with Crippen molar-refractivity contribution in [3.05, 3.63) is 77.9 Å². The molecule has 1 amide bonds. The van der Waals surface area contributed by atoms with E-state index in [4.69, 9.17) is 4.74 Å². The van der Waals surface area contributed by atoms with Crippen LogP contribution in [0.4, 0.5) is 5.69 Å². The summed E-state index contributed by atoms with van der Waals surface area (Å²) in [5, 5.41) is 2.89. The first-order valence-electron chi connectivity index (χ1n) is 8.28. The van der Waals surface area contributed by atoms with Gasteiger partial charge in [-0.2, -0.15) is 0 Å². The van der Waals surface area contributed by atoms with Gasteiger partial charge in [0.1, 0.15) is 18.3 Å². The van der Waals surface area contributed by atoms with Crippen molar-refractivity contribution in [3.63, 3.8) is 0 Å². The largest absolute Gasteiger partial charge is 0.492 e. The van der Waals surface area contributed by atoms with E-state index >= 15 is 0 Å². The van der Waals surface area contributed by atoms with Gasteiger partial charge in [-0.25, -0.2) is 4.98 Å². The Morgan fingerprint density at radius 1 is 1.15 bits per heavy atom. The quantitative estimate of drug-likeness (QED) is 0.737. The molecule has 0 saturated carbocycles. The number of hydrogen-bond donors (Lipinski definition) is 1. The van der Waals surface area contributed by atoms with E-state index in [9.17, 15) is 9.59 Å². The van der Waals surface area contributed by atoms with E-state index in [1.165, 1.54) is 0 Å². The van der Waals surface area contributed by atoms with Crippen LogP contribution >= 0.6 is 0 Å². The number of ether oxygens (including phenoxy) is 1. The second-order valence-corrected chi connectivity index (χ2v) is 6.16. The third-order valence-corrected chi connectivity index (χ3v) is 4.46. The number of aromatic nitrogens is 2. The van der Waals surface area contributed by atoms with E-state index in [2.05, 4.69) is 10.3 Å². The predicted octanol–water partition coefficient (Wildman–Crippen LogP) is 2.77. The summed E-state index contributed by atoms with van der Waals surface area (Å²) in [7, 11) is 1.77. The van der Waals surface area contributed by atoms with Crippen molar-refractivity contribution in [2.24, 2.45) is 7.05 Å². The molecular formula is C20H17N3O3. The average Bonchev–Trinajstić information content (AvgIpc) is 3.28. The van der Waals surface area contributed by atoms with Crippen molar-refractivity contribution in [1.29, 1.82) is 0 Å².